The lowest BCUT2D eigenvalue weighted by atomic mass is 9.89. The molecule has 0 saturated carbocycles. The highest BCUT2D eigenvalue weighted by Crippen LogP contribution is 2.46. The number of hydrogen-bond acceptors (Lipinski definition) is 1. The van der Waals surface area contributed by atoms with Gasteiger partial charge in [-0.2, -0.15) is 0 Å². The summed E-state index contributed by atoms with van der Waals surface area (Å²) in [4.78, 5) is 0. The molecule has 0 spiro atoms. The van der Waals surface area contributed by atoms with Crippen LogP contribution in [0.4, 0.5) is 0 Å². The van der Waals surface area contributed by atoms with Crippen LogP contribution in [0.25, 0.3) is 0 Å². The molecule has 1 nitrogen and oxygen atoms in total. The third-order valence-electron chi connectivity index (χ3n) is 6.37. The first-order chi connectivity index (χ1) is 13.1. The first-order valence-corrected chi connectivity index (χ1v) is 11.9. The van der Waals surface area contributed by atoms with Crippen LogP contribution in [0.5, 0.6) is 0 Å². The first-order valence-electron chi connectivity index (χ1n) is 10.7. The van der Waals surface area contributed by atoms with Crippen molar-refractivity contribution in [1.82, 2.24) is 0 Å². The van der Waals surface area contributed by atoms with Crippen molar-refractivity contribution in [2.75, 3.05) is 0 Å². The van der Waals surface area contributed by atoms with Crippen molar-refractivity contribution in [3.8, 4) is 0 Å². The number of aryl methyl sites for hydroxylation is 2. The monoisotopic (exact) mass is 398 g/mol. The zero-order valence-corrected chi connectivity index (χ0v) is 19.7. The van der Waals surface area contributed by atoms with Gasteiger partial charge < -0.3 is 4.55 Å². The summed E-state index contributed by atoms with van der Waals surface area (Å²) in [5.74, 6) is 1.64. The Balaban J connectivity index is 2.53. The average Bonchev–Trinajstić information content (AvgIpc) is 2.65. The summed E-state index contributed by atoms with van der Waals surface area (Å²) in [5.41, 5.74) is 4.91. The molecule has 0 aliphatic carbocycles. The fraction of sp³-hybridized carbons (Fsp3) is 0.538. The zero-order chi connectivity index (χ0) is 21.0. The van der Waals surface area contributed by atoms with Crippen molar-refractivity contribution in [1.29, 1.82) is 0 Å². The molecule has 4 atom stereocenters. The largest absolute Gasteiger partial charge is 0.615 e. The van der Waals surface area contributed by atoms with E-state index in [0.29, 0.717) is 23.7 Å². The predicted octanol–water partition coefficient (Wildman–Crippen LogP) is 7.42. The summed E-state index contributed by atoms with van der Waals surface area (Å²) >= 11 is -1.01. The molecule has 0 heterocycles. The van der Waals surface area contributed by atoms with E-state index in [1.54, 1.807) is 0 Å². The van der Waals surface area contributed by atoms with E-state index in [-0.39, 0.29) is 10.5 Å². The average molecular weight is 399 g/mol. The molecule has 0 fully saturated rings. The quantitative estimate of drug-likeness (QED) is 0.424. The summed E-state index contributed by atoms with van der Waals surface area (Å²) in [7, 11) is 0. The Morgan fingerprint density at radius 2 is 0.857 bits per heavy atom. The Labute approximate surface area is 176 Å². The molecule has 2 rings (SSSR count). The Hall–Kier alpha value is -1.25. The van der Waals surface area contributed by atoms with Crippen molar-refractivity contribution >= 4 is 11.2 Å². The van der Waals surface area contributed by atoms with Crippen LogP contribution in [0.2, 0.25) is 0 Å². The van der Waals surface area contributed by atoms with Gasteiger partial charge in [0.15, 0.2) is 0 Å². The third-order valence-corrected chi connectivity index (χ3v) is 8.77. The van der Waals surface area contributed by atoms with Gasteiger partial charge in [0, 0.05) is 23.0 Å². The van der Waals surface area contributed by atoms with E-state index in [4.69, 9.17) is 0 Å². The summed E-state index contributed by atoms with van der Waals surface area (Å²) in [6.45, 7) is 17.7. The van der Waals surface area contributed by atoms with Gasteiger partial charge in [0.2, 0.25) is 0 Å². The molecule has 2 heteroatoms. The molecule has 0 amide bonds. The summed E-state index contributed by atoms with van der Waals surface area (Å²) in [6.07, 6.45) is 0. The van der Waals surface area contributed by atoms with Crippen LogP contribution in [-0.2, 0) is 11.2 Å². The highest BCUT2D eigenvalue weighted by Gasteiger charge is 2.41. The predicted molar refractivity (Wildman–Crippen MR) is 124 cm³/mol. The van der Waals surface area contributed by atoms with Crippen molar-refractivity contribution in [2.24, 2.45) is 23.7 Å². The molecule has 0 unspecified atom stereocenters. The lowest BCUT2D eigenvalue weighted by Gasteiger charge is -2.37. The maximum absolute atomic E-state index is 14.2. The van der Waals surface area contributed by atoms with Crippen LogP contribution >= 0.6 is 0 Å². The van der Waals surface area contributed by atoms with Gasteiger partial charge in [0.25, 0.3) is 0 Å². The normalized spacial score (nSPS) is 16.4. The van der Waals surface area contributed by atoms with Crippen LogP contribution in [0, 0.1) is 37.5 Å². The van der Waals surface area contributed by atoms with E-state index >= 15 is 0 Å². The molecular formula is C26H38OS. The molecule has 2 aromatic carbocycles. The van der Waals surface area contributed by atoms with E-state index in [2.05, 4.69) is 104 Å². The standard InChI is InChI=1S/C26H38OS/c1-17(2)21(7)25(23-13-9-19(5)10-14-23)28(27)26(22(8)18(3)4)24-15-11-20(6)12-16-24/h9-18,21-22,25-26H,1-8H3/t21-,22-,25+,26+/m1/s1. The lowest BCUT2D eigenvalue weighted by Crippen LogP contribution is -2.32. The van der Waals surface area contributed by atoms with Gasteiger partial charge in [0.05, 0.1) is 0 Å². The highest BCUT2D eigenvalue weighted by atomic mass is 32.2. The molecule has 0 bridgehead atoms. The Kier molecular flexibility index (Phi) is 8.21. The van der Waals surface area contributed by atoms with Crippen molar-refractivity contribution in [2.45, 2.75) is 65.9 Å². The number of hydrogen-bond donors (Lipinski definition) is 0. The Morgan fingerprint density at radius 3 is 1.11 bits per heavy atom. The molecular weight excluding hydrogens is 360 g/mol. The highest BCUT2D eigenvalue weighted by molar-refractivity contribution is 7.91. The van der Waals surface area contributed by atoms with Gasteiger partial charge >= 0.3 is 0 Å². The van der Waals surface area contributed by atoms with Crippen LogP contribution < -0.4 is 0 Å². The molecule has 0 aromatic heterocycles. The molecule has 0 radical (unpaired) electrons. The lowest BCUT2D eigenvalue weighted by molar-refractivity contribution is 0.368. The van der Waals surface area contributed by atoms with Crippen LogP contribution in [-0.4, -0.2) is 4.55 Å². The Morgan fingerprint density at radius 1 is 0.571 bits per heavy atom. The van der Waals surface area contributed by atoms with E-state index in [0.717, 1.165) is 0 Å². The van der Waals surface area contributed by atoms with Crippen molar-refractivity contribution in [3.63, 3.8) is 0 Å². The number of benzene rings is 2. The molecule has 0 aliphatic rings. The van der Waals surface area contributed by atoms with Crippen LogP contribution in [0.15, 0.2) is 48.5 Å². The first kappa shape index (κ1) is 23.0. The summed E-state index contributed by atoms with van der Waals surface area (Å²) < 4.78 is 14.2. The summed E-state index contributed by atoms with van der Waals surface area (Å²) in [6, 6.07) is 17.3. The third kappa shape index (κ3) is 5.42. The summed E-state index contributed by atoms with van der Waals surface area (Å²) in [5, 5.41) is 0.0706. The fourth-order valence-electron chi connectivity index (χ4n) is 3.67. The maximum atomic E-state index is 14.2. The van der Waals surface area contributed by atoms with Crippen molar-refractivity contribution < 1.29 is 4.55 Å². The van der Waals surface area contributed by atoms with Gasteiger partial charge in [-0.1, -0.05) is 101 Å². The molecule has 0 N–H and O–H groups in total. The van der Waals surface area contributed by atoms with Gasteiger partial charge in [-0.3, -0.25) is 0 Å². The van der Waals surface area contributed by atoms with Crippen LogP contribution in [0.3, 0.4) is 0 Å². The second-order valence-corrected chi connectivity index (χ2v) is 10.9. The minimum atomic E-state index is -1.01. The van der Waals surface area contributed by atoms with E-state index in [1.165, 1.54) is 22.3 Å². The molecule has 0 saturated heterocycles. The zero-order valence-electron chi connectivity index (χ0n) is 18.9. The topological polar surface area (TPSA) is 23.1 Å². The van der Waals surface area contributed by atoms with Crippen molar-refractivity contribution in [3.05, 3.63) is 70.8 Å². The van der Waals surface area contributed by atoms with E-state index < -0.39 is 11.2 Å². The fourth-order valence-corrected chi connectivity index (χ4v) is 6.31. The van der Waals surface area contributed by atoms with Gasteiger partial charge in [-0.25, -0.2) is 0 Å². The molecule has 154 valence electrons. The Bertz CT molecular complexity index is 654. The van der Waals surface area contributed by atoms with Gasteiger partial charge in [0.1, 0.15) is 10.5 Å². The van der Waals surface area contributed by atoms with Crippen LogP contribution in [0.1, 0.15) is 74.3 Å². The second kappa shape index (κ2) is 9.98. The number of rotatable bonds is 8. The SMILES string of the molecule is Cc1ccc([C@H]([C@H](C)C(C)C)[S+]([O-])[C@H](c2ccc(C)cc2)[C@H](C)C(C)C)cc1. The maximum Gasteiger partial charge on any atom is 0.144 e. The van der Waals surface area contributed by atoms with E-state index in [9.17, 15) is 4.55 Å². The van der Waals surface area contributed by atoms with E-state index in [1.807, 2.05) is 0 Å². The smallest absolute Gasteiger partial charge is 0.144 e. The molecule has 28 heavy (non-hydrogen) atoms. The minimum Gasteiger partial charge on any atom is -0.615 e. The minimum absolute atomic E-state index is 0.0353. The van der Waals surface area contributed by atoms with Gasteiger partial charge in [-0.05, 0) is 36.9 Å². The molecule has 0 aliphatic heterocycles. The second-order valence-electron chi connectivity index (χ2n) is 9.20. The van der Waals surface area contributed by atoms with Gasteiger partial charge in [-0.15, -0.1) is 0 Å². The molecule has 2 aromatic rings.